The Balaban J connectivity index is 1.89. The third kappa shape index (κ3) is 6.05. The molecule has 3 aromatic carbocycles. The van der Waals surface area contributed by atoms with Crippen LogP contribution in [0.25, 0.3) is 0 Å². The summed E-state index contributed by atoms with van der Waals surface area (Å²) in [6, 6.07) is 12.8. The third-order valence-electron chi connectivity index (χ3n) is 4.20. The average molecular weight is 468 g/mol. The van der Waals surface area contributed by atoms with Gasteiger partial charge in [0.05, 0.1) is 16.9 Å². The summed E-state index contributed by atoms with van der Waals surface area (Å²) in [6.45, 7) is 0. The maximum atomic E-state index is 13.8. The van der Waals surface area contributed by atoms with Gasteiger partial charge in [-0.25, -0.2) is 17.9 Å². The lowest BCUT2D eigenvalue weighted by Gasteiger charge is -2.13. The number of primary sulfonamides is 1. The summed E-state index contributed by atoms with van der Waals surface area (Å²) in [5.41, 5.74) is -0.899. The highest BCUT2D eigenvalue weighted by atomic mass is 32.2. The van der Waals surface area contributed by atoms with Crippen molar-refractivity contribution in [3.63, 3.8) is 0 Å². The molecule has 0 heterocycles. The number of hydrogen-bond acceptors (Lipinski definition) is 4. The number of carbonyl (C=O) groups is 1. The van der Waals surface area contributed by atoms with Crippen LogP contribution in [0, 0.1) is 5.82 Å². The van der Waals surface area contributed by atoms with Crippen molar-refractivity contribution in [2.45, 2.75) is 17.5 Å². The van der Waals surface area contributed by atoms with E-state index in [1.807, 2.05) is 0 Å². The van der Waals surface area contributed by atoms with Gasteiger partial charge in [-0.2, -0.15) is 13.2 Å². The Bertz CT molecular complexity index is 1260. The van der Waals surface area contributed by atoms with Gasteiger partial charge < -0.3 is 10.1 Å². The fourth-order valence-electron chi connectivity index (χ4n) is 2.76. The number of alkyl halides is 3. The largest absolute Gasteiger partial charge is 0.457 e. The lowest BCUT2D eigenvalue weighted by atomic mass is 10.1. The van der Waals surface area contributed by atoms with E-state index < -0.39 is 38.4 Å². The zero-order valence-electron chi connectivity index (χ0n) is 16.2. The molecule has 0 aliphatic heterocycles. The lowest BCUT2D eigenvalue weighted by Crippen LogP contribution is -2.17. The van der Waals surface area contributed by atoms with E-state index in [1.165, 1.54) is 30.3 Å². The standard InChI is InChI=1S/C21H16F4N2O4S/c22-19-7-2-1-4-13(19)8-20(28)27-15-10-17(12-18(11-15)32(26,29)30)31-16-6-3-5-14(9-16)21(23,24)25/h1-7,9-12H,8H2,(H,27,28)(H2,26,29,30). The number of anilines is 1. The fraction of sp³-hybridized carbons (Fsp3) is 0.0952. The minimum Gasteiger partial charge on any atom is -0.457 e. The quantitative estimate of drug-likeness (QED) is 0.522. The molecule has 3 aromatic rings. The van der Waals surface area contributed by atoms with Crippen LogP contribution in [0.5, 0.6) is 11.5 Å². The molecule has 0 aromatic heterocycles. The molecule has 168 valence electrons. The Hall–Kier alpha value is -3.44. The molecule has 0 saturated heterocycles. The maximum absolute atomic E-state index is 13.8. The summed E-state index contributed by atoms with van der Waals surface area (Å²) in [7, 11) is -4.24. The zero-order chi connectivity index (χ0) is 23.5. The highest BCUT2D eigenvalue weighted by Gasteiger charge is 2.30. The van der Waals surface area contributed by atoms with Crippen LogP contribution in [0.2, 0.25) is 0 Å². The topological polar surface area (TPSA) is 98.5 Å². The number of ether oxygens (including phenoxy) is 1. The summed E-state index contributed by atoms with van der Waals surface area (Å²) in [5.74, 6) is -1.65. The number of sulfonamides is 1. The molecular formula is C21H16F4N2O4S. The van der Waals surface area contributed by atoms with Gasteiger partial charge in [-0.15, -0.1) is 0 Å². The minimum atomic E-state index is -4.60. The van der Waals surface area contributed by atoms with Crippen LogP contribution in [-0.4, -0.2) is 14.3 Å². The molecule has 1 amide bonds. The summed E-state index contributed by atoms with van der Waals surface area (Å²) in [4.78, 5) is 11.9. The number of hydrogen-bond donors (Lipinski definition) is 2. The smallest absolute Gasteiger partial charge is 0.416 e. The van der Waals surface area contributed by atoms with Crippen molar-refractivity contribution in [2.24, 2.45) is 5.14 Å². The van der Waals surface area contributed by atoms with Crippen LogP contribution in [0.1, 0.15) is 11.1 Å². The Kier molecular flexibility index (Phi) is 6.51. The molecule has 3 N–H and O–H groups in total. The van der Waals surface area contributed by atoms with Crippen LogP contribution in [0.3, 0.4) is 0 Å². The second kappa shape index (κ2) is 8.97. The van der Waals surface area contributed by atoms with Gasteiger partial charge in [0.25, 0.3) is 0 Å². The first-order chi connectivity index (χ1) is 14.9. The predicted octanol–water partition coefficient (Wildman–Crippen LogP) is 4.47. The van der Waals surface area contributed by atoms with Crippen LogP contribution < -0.4 is 15.2 Å². The molecule has 0 aliphatic rings. The van der Waals surface area contributed by atoms with E-state index in [2.05, 4.69) is 5.32 Å². The Morgan fingerprint density at radius 1 is 0.969 bits per heavy atom. The highest BCUT2D eigenvalue weighted by molar-refractivity contribution is 7.89. The number of nitrogens with one attached hydrogen (secondary N) is 1. The zero-order valence-corrected chi connectivity index (χ0v) is 17.0. The van der Waals surface area contributed by atoms with Crippen LogP contribution >= 0.6 is 0 Å². The number of nitrogens with two attached hydrogens (primary N) is 1. The normalized spacial score (nSPS) is 11.8. The molecule has 11 heteroatoms. The highest BCUT2D eigenvalue weighted by Crippen LogP contribution is 2.34. The van der Waals surface area contributed by atoms with Crippen LogP contribution in [-0.2, 0) is 27.4 Å². The van der Waals surface area contributed by atoms with Crippen LogP contribution in [0.15, 0.2) is 71.6 Å². The summed E-state index contributed by atoms with van der Waals surface area (Å²) >= 11 is 0. The van der Waals surface area contributed by atoms with Crippen molar-refractivity contribution >= 4 is 21.6 Å². The van der Waals surface area contributed by atoms with Gasteiger partial charge in [0.1, 0.15) is 17.3 Å². The number of carbonyl (C=O) groups excluding carboxylic acids is 1. The first-order valence-electron chi connectivity index (χ1n) is 8.98. The third-order valence-corrected chi connectivity index (χ3v) is 5.09. The summed E-state index contributed by atoms with van der Waals surface area (Å²) < 4.78 is 81.5. The van der Waals surface area contributed by atoms with E-state index in [0.29, 0.717) is 0 Å². The van der Waals surface area contributed by atoms with Gasteiger partial charge in [-0.3, -0.25) is 4.79 Å². The van der Waals surface area contributed by atoms with E-state index >= 15 is 0 Å². The van der Waals surface area contributed by atoms with Gasteiger partial charge in [-0.05, 0) is 35.9 Å². The second-order valence-electron chi connectivity index (χ2n) is 6.68. The van der Waals surface area contributed by atoms with E-state index in [4.69, 9.17) is 9.88 Å². The van der Waals surface area contributed by atoms with Crippen molar-refractivity contribution in [3.8, 4) is 11.5 Å². The number of amides is 1. The molecule has 0 spiro atoms. The van der Waals surface area contributed by atoms with E-state index in [-0.39, 0.29) is 29.2 Å². The fourth-order valence-corrected chi connectivity index (χ4v) is 3.33. The molecule has 6 nitrogen and oxygen atoms in total. The van der Waals surface area contributed by atoms with Gasteiger partial charge in [0, 0.05) is 17.8 Å². The molecule has 0 saturated carbocycles. The van der Waals surface area contributed by atoms with Gasteiger partial charge in [0.2, 0.25) is 15.9 Å². The average Bonchev–Trinajstić information content (AvgIpc) is 2.68. The maximum Gasteiger partial charge on any atom is 0.416 e. The van der Waals surface area contributed by atoms with Crippen molar-refractivity contribution in [1.29, 1.82) is 0 Å². The molecular weight excluding hydrogens is 452 g/mol. The SMILES string of the molecule is NS(=O)(=O)c1cc(NC(=O)Cc2ccccc2F)cc(Oc2cccc(C(F)(F)F)c2)c1. The predicted molar refractivity (Wildman–Crippen MR) is 108 cm³/mol. The Morgan fingerprint density at radius 3 is 2.34 bits per heavy atom. The molecule has 0 radical (unpaired) electrons. The number of halogens is 4. The molecule has 0 bridgehead atoms. The number of rotatable bonds is 6. The van der Waals surface area contributed by atoms with Gasteiger partial charge >= 0.3 is 6.18 Å². The van der Waals surface area contributed by atoms with Gasteiger partial charge in [-0.1, -0.05) is 24.3 Å². The van der Waals surface area contributed by atoms with Gasteiger partial charge in [0.15, 0.2) is 0 Å². The first kappa shape index (κ1) is 23.2. The monoisotopic (exact) mass is 468 g/mol. The Labute approximate surface area is 180 Å². The molecule has 3 rings (SSSR count). The lowest BCUT2D eigenvalue weighted by molar-refractivity contribution is -0.137. The number of benzene rings is 3. The van der Waals surface area contributed by atoms with Crippen molar-refractivity contribution in [1.82, 2.24) is 0 Å². The molecule has 0 unspecified atom stereocenters. The minimum absolute atomic E-state index is 0.0557. The van der Waals surface area contributed by atoms with Crippen molar-refractivity contribution < 1.29 is 35.5 Å². The van der Waals surface area contributed by atoms with E-state index in [0.717, 1.165) is 30.3 Å². The van der Waals surface area contributed by atoms with E-state index in [1.54, 1.807) is 6.07 Å². The molecule has 0 fully saturated rings. The summed E-state index contributed by atoms with van der Waals surface area (Å²) in [6.07, 6.45) is -4.94. The summed E-state index contributed by atoms with van der Waals surface area (Å²) in [5, 5.41) is 7.56. The van der Waals surface area contributed by atoms with E-state index in [9.17, 15) is 30.8 Å². The van der Waals surface area contributed by atoms with Crippen molar-refractivity contribution in [2.75, 3.05) is 5.32 Å². The molecule has 0 atom stereocenters. The molecule has 32 heavy (non-hydrogen) atoms. The Morgan fingerprint density at radius 2 is 1.69 bits per heavy atom. The van der Waals surface area contributed by atoms with Crippen LogP contribution in [0.4, 0.5) is 23.2 Å². The second-order valence-corrected chi connectivity index (χ2v) is 8.24. The first-order valence-corrected chi connectivity index (χ1v) is 10.5. The van der Waals surface area contributed by atoms with Crippen molar-refractivity contribution in [3.05, 3.63) is 83.7 Å². The molecule has 0 aliphatic carbocycles.